The number of nitrogens with zero attached hydrogens (tertiary/aromatic N) is 3. The van der Waals surface area contributed by atoms with Crippen LogP contribution in [0.25, 0.3) is 83.3 Å². The summed E-state index contributed by atoms with van der Waals surface area (Å²) in [7, 11) is 0. The molecule has 54 heavy (non-hydrogen) atoms. The van der Waals surface area contributed by atoms with Crippen LogP contribution < -0.4 is 0 Å². The van der Waals surface area contributed by atoms with Crippen molar-refractivity contribution < 1.29 is 0 Å². The highest BCUT2D eigenvalue weighted by Gasteiger charge is 2.52. The average Bonchev–Trinajstić information content (AvgIpc) is 3.85. The Labute approximate surface area is 312 Å². The maximum atomic E-state index is 5.60. The Kier molecular flexibility index (Phi) is 5.98. The van der Waals surface area contributed by atoms with Gasteiger partial charge in [0.15, 0.2) is 5.82 Å². The predicted octanol–water partition coefficient (Wildman–Crippen LogP) is 12.4. The number of fused-ring (bicyclic) bond motifs is 14. The zero-order valence-corrected chi connectivity index (χ0v) is 29.2. The fraction of sp³-hybridized carbons (Fsp3) is 0.0196. The second-order valence-electron chi connectivity index (χ2n) is 14.5. The van der Waals surface area contributed by atoms with E-state index in [1.807, 2.05) is 0 Å². The molecule has 250 valence electrons. The lowest BCUT2D eigenvalue weighted by molar-refractivity contribution is 0.794. The Bertz CT molecular complexity index is 3130. The molecule has 0 unspecified atom stereocenters. The van der Waals surface area contributed by atoms with Gasteiger partial charge in [-0.15, -0.1) is 0 Å². The summed E-state index contributed by atoms with van der Waals surface area (Å²) >= 11 is 0. The monoisotopic (exact) mass is 685 g/mol. The first-order chi connectivity index (χ1) is 26.8. The number of para-hydroxylation sites is 2. The quantitative estimate of drug-likeness (QED) is 0.185. The lowest BCUT2D eigenvalue weighted by atomic mass is 9.70. The van der Waals surface area contributed by atoms with Crippen molar-refractivity contribution in [3.63, 3.8) is 0 Å². The first-order valence-corrected chi connectivity index (χ1v) is 18.6. The molecule has 3 heteroatoms. The molecule has 0 N–H and O–H groups in total. The molecular formula is C51H31N3. The van der Waals surface area contributed by atoms with Crippen LogP contribution in [0.15, 0.2) is 188 Å². The zero-order chi connectivity index (χ0) is 35.4. The Balaban J connectivity index is 1.15. The summed E-state index contributed by atoms with van der Waals surface area (Å²) in [6.45, 7) is 0. The van der Waals surface area contributed by atoms with Crippen molar-refractivity contribution in [1.82, 2.24) is 14.5 Å². The largest absolute Gasteiger partial charge is 0.293 e. The fourth-order valence-electron chi connectivity index (χ4n) is 9.69. The highest BCUT2D eigenvalue weighted by atomic mass is 15.1. The van der Waals surface area contributed by atoms with Gasteiger partial charge in [0.1, 0.15) is 5.82 Å². The van der Waals surface area contributed by atoms with E-state index in [0.29, 0.717) is 0 Å². The SMILES string of the molecule is c1ccc(-c2ccc3c(c2)c2ccccc2n3-c2nc(-c3cccc4c3-c3ccccc3C43c4ccccc4-c4ccccc43)nc3ccccc23)cc1. The molecule has 2 aliphatic rings. The Hall–Kier alpha value is -7.10. The van der Waals surface area contributed by atoms with Gasteiger partial charge < -0.3 is 0 Å². The van der Waals surface area contributed by atoms with Crippen LogP contribution in [-0.4, -0.2) is 14.5 Å². The average molecular weight is 686 g/mol. The zero-order valence-electron chi connectivity index (χ0n) is 29.2. The fourth-order valence-corrected chi connectivity index (χ4v) is 9.69. The molecule has 2 aromatic heterocycles. The number of hydrogen-bond donors (Lipinski definition) is 0. The number of hydrogen-bond acceptors (Lipinski definition) is 2. The highest BCUT2D eigenvalue weighted by Crippen LogP contribution is 2.63. The maximum Gasteiger partial charge on any atom is 0.162 e. The minimum atomic E-state index is -0.432. The third-order valence-electron chi connectivity index (χ3n) is 11.8. The van der Waals surface area contributed by atoms with E-state index in [4.69, 9.17) is 9.97 Å². The van der Waals surface area contributed by atoms with E-state index in [-0.39, 0.29) is 0 Å². The van der Waals surface area contributed by atoms with Crippen LogP contribution in [0, 0.1) is 0 Å². The highest BCUT2D eigenvalue weighted by molar-refractivity contribution is 6.11. The minimum Gasteiger partial charge on any atom is -0.293 e. The molecule has 10 aromatic rings. The lowest BCUT2D eigenvalue weighted by Crippen LogP contribution is -2.25. The molecule has 0 fully saturated rings. The van der Waals surface area contributed by atoms with Gasteiger partial charge in [0, 0.05) is 21.7 Å². The molecule has 0 saturated heterocycles. The van der Waals surface area contributed by atoms with Gasteiger partial charge in [-0.25, -0.2) is 9.97 Å². The van der Waals surface area contributed by atoms with Crippen molar-refractivity contribution in [2.45, 2.75) is 5.41 Å². The molecule has 0 amide bonds. The predicted molar refractivity (Wildman–Crippen MR) is 221 cm³/mol. The molecule has 0 radical (unpaired) electrons. The smallest absolute Gasteiger partial charge is 0.162 e. The van der Waals surface area contributed by atoms with E-state index in [2.05, 4.69) is 193 Å². The molecule has 3 nitrogen and oxygen atoms in total. The van der Waals surface area contributed by atoms with E-state index >= 15 is 0 Å². The van der Waals surface area contributed by atoms with Gasteiger partial charge >= 0.3 is 0 Å². The normalized spacial score (nSPS) is 13.3. The first kappa shape index (κ1) is 29.5. The van der Waals surface area contributed by atoms with Gasteiger partial charge in [-0.2, -0.15) is 0 Å². The second-order valence-corrected chi connectivity index (χ2v) is 14.5. The molecule has 2 heterocycles. The standard InChI is InChI=1S/C51H31N3/c1-2-15-32(16-3-1)33-29-30-47-40(31-33)36-19-8-13-28-46(36)54(47)50-38-21-7-12-27-45(38)52-49(53-50)39-22-14-26-44-48(39)37-20-6-11-25-43(37)51(44)41-23-9-4-17-34(41)35-18-5-10-24-42(35)51/h1-31H. The third-order valence-corrected chi connectivity index (χ3v) is 11.8. The molecule has 0 bridgehead atoms. The number of rotatable bonds is 3. The molecule has 12 rings (SSSR count). The van der Waals surface area contributed by atoms with Gasteiger partial charge in [-0.3, -0.25) is 4.57 Å². The van der Waals surface area contributed by atoms with Crippen molar-refractivity contribution >= 4 is 32.7 Å². The second kappa shape index (κ2) is 11.0. The van der Waals surface area contributed by atoms with E-state index in [1.54, 1.807) is 0 Å². The van der Waals surface area contributed by atoms with Gasteiger partial charge in [0.25, 0.3) is 0 Å². The van der Waals surface area contributed by atoms with E-state index in [9.17, 15) is 0 Å². The van der Waals surface area contributed by atoms with Crippen LogP contribution in [0.5, 0.6) is 0 Å². The molecule has 8 aromatic carbocycles. The van der Waals surface area contributed by atoms with Crippen molar-refractivity contribution in [2.75, 3.05) is 0 Å². The van der Waals surface area contributed by atoms with E-state index in [0.717, 1.165) is 39.1 Å². The van der Waals surface area contributed by atoms with Crippen molar-refractivity contribution in [3.05, 3.63) is 210 Å². The summed E-state index contributed by atoms with van der Waals surface area (Å²) < 4.78 is 2.34. The van der Waals surface area contributed by atoms with Crippen LogP contribution in [0.1, 0.15) is 22.3 Å². The third kappa shape index (κ3) is 3.80. The molecule has 0 saturated carbocycles. The van der Waals surface area contributed by atoms with Gasteiger partial charge in [0.2, 0.25) is 0 Å². The Morgan fingerprint density at radius 2 is 0.944 bits per heavy atom. The summed E-state index contributed by atoms with van der Waals surface area (Å²) in [5, 5.41) is 3.41. The molecular weight excluding hydrogens is 655 g/mol. The first-order valence-electron chi connectivity index (χ1n) is 18.6. The van der Waals surface area contributed by atoms with Crippen molar-refractivity contribution in [1.29, 1.82) is 0 Å². The number of benzene rings is 8. The van der Waals surface area contributed by atoms with Crippen molar-refractivity contribution in [2.24, 2.45) is 0 Å². The van der Waals surface area contributed by atoms with E-state index < -0.39 is 5.41 Å². The van der Waals surface area contributed by atoms with Gasteiger partial charge in [0.05, 0.1) is 22.0 Å². The van der Waals surface area contributed by atoms with Crippen LogP contribution >= 0.6 is 0 Å². The summed E-state index contributed by atoms with van der Waals surface area (Å²) in [5.74, 6) is 1.60. The van der Waals surface area contributed by atoms with Crippen LogP contribution in [0.2, 0.25) is 0 Å². The Morgan fingerprint density at radius 1 is 0.370 bits per heavy atom. The summed E-state index contributed by atoms with van der Waals surface area (Å²) in [6, 6.07) is 68.2. The molecule has 1 spiro atoms. The maximum absolute atomic E-state index is 5.60. The minimum absolute atomic E-state index is 0.432. The molecule has 0 atom stereocenters. The number of aromatic nitrogens is 3. The summed E-state index contributed by atoms with van der Waals surface area (Å²) in [6.07, 6.45) is 0. The lowest BCUT2D eigenvalue weighted by Gasteiger charge is -2.30. The van der Waals surface area contributed by atoms with Crippen LogP contribution in [0.3, 0.4) is 0 Å². The topological polar surface area (TPSA) is 30.7 Å². The molecule has 2 aliphatic carbocycles. The summed E-state index contributed by atoms with van der Waals surface area (Å²) in [5.41, 5.74) is 16.4. The van der Waals surface area contributed by atoms with E-state index in [1.165, 1.54) is 66.4 Å². The summed E-state index contributed by atoms with van der Waals surface area (Å²) in [4.78, 5) is 11.0. The Morgan fingerprint density at radius 3 is 1.72 bits per heavy atom. The van der Waals surface area contributed by atoms with Gasteiger partial charge in [-0.05, 0) is 86.0 Å². The van der Waals surface area contributed by atoms with Crippen molar-refractivity contribution in [3.8, 4) is 50.6 Å². The van der Waals surface area contributed by atoms with Gasteiger partial charge in [-0.1, -0.05) is 158 Å². The van der Waals surface area contributed by atoms with Crippen LogP contribution in [0.4, 0.5) is 0 Å². The van der Waals surface area contributed by atoms with Crippen LogP contribution in [-0.2, 0) is 5.41 Å². The molecule has 0 aliphatic heterocycles.